The summed E-state index contributed by atoms with van der Waals surface area (Å²) < 4.78 is 0.705. The quantitative estimate of drug-likeness (QED) is 0.382. The molecule has 0 unspecified atom stereocenters. The number of amides is 1. The van der Waals surface area contributed by atoms with E-state index >= 15 is 0 Å². The molecule has 1 aromatic heterocycles. The Kier molecular flexibility index (Phi) is 6.11. The Morgan fingerprint density at radius 3 is 1.97 bits per heavy atom. The Morgan fingerprint density at radius 1 is 0.867 bits per heavy atom. The lowest BCUT2D eigenvalue weighted by atomic mass is 10.1. The number of halogens is 1. The Labute approximate surface area is 182 Å². The number of hydrogen-bond donors (Lipinski definition) is 3. The van der Waals surface area contributed by atoms with Gasteiger partial charge in [-0.3, -0.25) is 9.69 Å². The second-order valence-electron chi connectivity index (χ2n) is 7.12. The highest BCUT2D eigenvalue weighted by Gasteiger charge is 2.14. The van der Waals surface area contributed by atoms with E-state index in [0.29, 0.717) is 34.3 Å². The average Bonchev–Trinajstić information content (AvgIpc) is 3.08. The molecule has 0 spiro atoms. The highest BCUT2D eigenvalue weighted by molar-refractivity contribution is 9.10. The molecular weight excluding hydrogens is 444 g/mol. The van der Waals surface area contributed by atoms with E-state index in [1.807, 2.05) is 36.4 Å². The van der Waals surface area contributed by atoms with Crippen molar-refractivity contribution in [1.82, 2.24) is 14.9 Å². The van der Waals surface area contributed by atoms with Gasteiger partial charge in [-0.15, -0.1) is 0 Å². The first-order valence-electron chi connectivity index (χ1n) is 9.58. The van der Waals surface area contributed by atoms with Gasteiger partial charge in [-0.25, -0.2) is 4.79 Å². The smallest absolute Gasteiger partial charge is 0.323 e. The molecular formula is C23H21BrN4O2. The van der Waals surface area contributed by atoms with Gasteiger partial charge >= 0.3 is 5.69 Å². The van der Waals surface area contributed by atoms with Gasteiger partial charge in [-0.1, -0.05) is 60.7 Å². The predicted molar refractivity (Wildman–Crippen MR) is 122 cm³/mol. The number of hydrogen-bond acceptors (Lipinski definition) is 3. The van der Waals surface area contributed by atoms with Crippen molar-refractivity contribution in [2.75, 3.05) is 11.9 Å². The van der Waals surface area contributed by atoms with Gasteiger partial charge in [0.2, 0.25) is 5.91 Å². The zero-order chi connectivity index (χ0) is 20.9. The van der Waals surface area contributed by atoms with Gasteiger partial charge in [0.15, 0.2) is 0 Å². The van der Waals surface area contributed by atoms with Crippen molar-refractivity contribution in [2.24, 2.45) is 0 Å². The predicted octanol–water partition coefficient (Wildman–Crippen LogP) is 4.26. The minimum Gasteiger partial charge on any atom is -0.324 e. The first-order chi connectivity index (χ1) is 14.6. The van der Waals surface area contributed by atoms with E-state index in [-0.39, 0.29) is 18.1 Å². The largest absolute Gasteiger partial charge is 0.324 e. The average molecular weight is 465 g/mol. The van der Waals surface area contributed by atoms with Crippen LogP contribution in [-0.2, 0) is 17.9 Å². The zero-order valence-corrected chi connectivity index (χ0v) is 17.8. The number of aromatic nitrogens is 2. The zero-order valence-electron chi connectivity index (χ0n) is 16.2. The van der Waals surface area contributed by atoms with Crippen LogP contribution in [0, 0.1) is 0 Å². The van der Waals surface area contributed by atoms with E-state index in [2.05, 4.69) is 60.4 Å². The summed E-state index contributed by atoms with van der Waals surface area (Å²) in [5.41, 5.74) is 3.95. The second kappa shape index (κ2) is 9.11. The van der Waals surface area contributed by atoms with Gasteiger partial charge in [0.25, 0.3) is 0 Å². The normalized spacial score (nSPS) is 11.1. The maximum atomic E-state index is 12.8. The number of imidazole rings is 1. The molecule has 0 radical (unpaired) electrons. The van der Waals surface area contributed by atoms with Crippen molar-refractivity contribution >= 4 is 38.6 Å². The fourth-order valence-corrected chi connectivity index (χ4v) is 3.84. The number of rotatable bonds is 7. The summed E-state index contributed by atoms with van der Waals surface area (Å²) in [6, 6.07) is 23.7. The Balaban J connectivity index is 1.50. The van der Waals surface area contributed by atoms with Crippen LogP contribution in [0.15, 0.2) is 82.1 Å². The first-order valence-corrected chi connectivity index (χ1v) is 10.4. The van der Waals surface area contributed by atoms with E-state index in [0.717, 1.165) is 11.1 Å². The van der Waals surface area contributed by atoms with Gasteiger partial charge < -0.3 is 15.3 Å². The third kappa shape index (κ3) is 5.06. The fraction of sp³-hybridized carbons (Fsp3) is 0.130. The lowest BCUT2D eigenvalue weighted by Crippen LogP contribution is -2.32. The summed E-state index contributed by atoms with van der Waals surface area (Å²) in [5.74, 6) is -0.125. The molecule has 152 valence electrons. The summed E-state index contributed by atoms with van der Waals surface area (Å²) in [6.07, 6.45) is 0. The number of anilines is 1. The number of benzene rings is 3. The molecule has 0 aliphatic heterocycles. The number of carbonyl (C=O) groups is 1. The van der Waals surface area contributed by atoms with Gasteiger partial charge in [0, 0.05) is 17.6 Å². The van der Waals surface area contributed by atoms with Crippen LogP contribution in [0.4, 0.5) is 5.69 Å². The van der Waals surface area contributed by atoms with Crippen LogP contribution in [-0.4, -0.2) is 27.3 Å². The standard InChI is InChI=1S/C23H21BrN4O2/c24-18-11-20-21(27-23(30)26-20)12-19(18)25-22(29)15-28(13-16-7-3-1-4-8-16)14-17-9-5-2-6-10-17/h1-12H,13-15H2,(H,25,29)(H2,26,27,30). The molecule has 0 atom stereocenters. The van der Waals surface area contributed by atoms with Crippen molar-refractivity contribution < 1.29 is 4.79 Å². The second-order valence-corrected chi connectivity index (χ2v) is 7.98. The molecule has 0 bridgehead atoms. The van der Waals surface area contributed by atoms with Gasteiger partial charge in [0.05, 0.1) is 23.3 Å². The molecule has 0 saturated carbocycles. The molecule has 4 rings (SSSR count). The van der Waals surface area contributed by atoms with Crippen molar-refractivity contribution in [3.05, 3.63) is 98.9 Å². The Morgan fingerprint density at radius 2 is 1.40 bits per heavy atom. The molecule has 3 N–H and O–H groups in total. The van der Waals surface area contributed by atoms with E-state index in [1.165, 1.54) is 0 Å². The maximum absolute atomic E-state index is 12.8. The number of carbonyl (C=O) groups excluding carboxylic acids is 1. The number of nitrogens with zero attached hydrogens (tertiary/aromatic N) is 1. The molecule has 3 aromatic carbocycles. The third-order valence-corrected chi connectivity index (χ3v) is 5.40. The van der Waals surface area contributed by atoms with Crippen molar-refractivity contribution in [3.63, 3.8) is 0 Å². The SMILES string of the molecule is O=C(CN(Cc1ccccc1)Cc1ccccc1)Nc1cc2[nH]c(=O)[nH]c2cc1Br. The van der Waals surface area contributed by atoms with Crippen molar-refractivity contribution in [2.45, 2.75) is 13.1 Å². The molecule has 0 saturated heterocycles. The summed E-state index contributed by atoms with van der Waals surface area (Å²) in [4.78, 5) is 31.9. The molecule has 4 aromatic rings. The molecule has 0 aliphatic carbocycles. The van der Waals surface area contributed by atoms with Crippen LogP contribution in [0.5, 0.6) is 0 Å². The molecule has 6 nitrogen and oxygen atoms in total. The summed E-state index contributed by atoms with van der Waals surface area (Å²) in [6.45, 7) is 1.56. The van der Waals surface area contributed by atoms with Crippen LogP contribution < -0.4 is 11.0 Å². The van der Waals surface area contributed by atoms with Crippen molar-refractivity contribution in [3.8, 4) is 0 Å². The highest BCUT2D eigenvalue weighted by Crippen LogP contribution is 2.26. The van der Waals surface area contributed by atoms with Crippen LogP contribution >= 0.6 is 15.9 Å². The Hall–Kier alpha value is -3.16. The third-order valence-electron chi connectivity index (χ3n) is 4.74. The van der Waals surface area contributed by atoms with Crippen LogP contribution in [0.2, 0.25) is 0 Å². The van der Waals surface area contributed by atoms with E-state index < -0.39 is 0 Å². The summed E-state index contributed by atoms with van der Waals surface area (Å²) in [5, 5.41) is 2.95. The van der Waals surface area contributed by atoms with E-state index in [1.54, 1.807) is 12.1 Å². The molecule has 30 heavy (non-hydrogen) atoms. The fourth-order valence-electron chi connectivity index (χ4n) is 3.40. The van der Waals surface area contributed by atoms with E-state index in [9.17, 15) is 9.59 Å². The highest BCUT2D eigenvalue weighted by atomic mass is 79.9. The Bertz CT molecular complexity index is 1160. The number of nitrogens with one attached hydrogen (secondary N) is 3. The van der Waals surface area contributed by atoms with Gasteiger partial charge in [0.1, 0.15) is 0 Å². The van der Waals surface area contributed by atoms with Gasteiger partial charge in [-0.05, 0) is 39.2 Å². The molecule has 7 heteroatoms. The topological polar surface area (TPSA) is 81.0 Å². The summed E-state index contributed by atoms with van der Waals surface area (Å²) >= 11 is 3.46. The number of fused-ring (bicyclic) bond motifs is 1. The molecule has 0 aliphatic rings. The van der Waals surface area contributed by atoms with Crippen LogP contribution in [0.25, 0.3) is 11.0 Å². The minimum absolute atomic E-state index is 0.125. The van der Waals surface area contributed by atoms with Gasteiger partial charge in [-0.2, -0.15) is 0 Å². The van der Waals surface area contributed by atoms with Crippen molar-refractivity contribution in [1.29, 1.82) is 0 Å². The summed E-state index contributed by atoms with van der Waals surface area (Å²) in [7, 11) is 0. The first kappa shape index (κ1) is 20.1. The van der Waals surface area contributed by atoms with Crippen LogP contribution in [0.1, 0.15) is 11.1 Å². The number of H-pyrrole nitrogens is 2. The number of aromatic amines is 2. The lowest BCUT2D eigenvalue weighted by Gasteiger charge is -2.22. The monoisotopic (exact) mass is 464 g/mol. The maximum Gasteiger partial charge on any atom is 0.323 e. The molecule has 1 heterocycles. The molecule has 1 amide bonds. The lowest BCUT2D eigenvalue weighted by molar-refractivity contribution is -0.117. The van der Waals surface area contributed by atoms with Crippen LogP contribution in [0.3, 0.4) is 0 Å². The molecule has 0 fully saturated rings. The minimum atomic E-state index is -0.280. The van der Waals surface area contributed by atoms with E-state index in [4.69, 9.17) is 0 Å².